The van der Waals surface area contributed by atoms with E-state index < -0.39 is 10.0 Å². The molecule has 2 heterocycles. The van der Waals surface area contributed by atoms with Gasteiger partial charge in [0.25, 0.3) is 0 Å². The molecule has 0 aliphatic carbocycles. The molecule has 2 aromatic carbocycles. The highest BCUT2D eigenvalue weighted by Gasteiger charge is 2.33. The molecule has 0 bridgehead atoms. The van der Waals surface area contributed by atoms with Gasteiger partial charge in [0.1, 0.15) is 0 Å². The van der Waals surface area contributed by atoms with Gasteiger partial charge in [-0.05, 0) is 43.2 Å². The number of ether oxygens (including phenoxy) is 3. The molecule has 0 unspecified atom stereocenters. The van der Waals surface area contributed by atoms with Crippen LogP contribution >= 0.6 is 11.6 Å². The number of halogens is 1. The van der Waals surface area contributed by atoms with Crippen LogP contribution in [-0.2, 0) is 10.0 Å². The Balaban J connectivity index is 1.59. The lowest BCUT2D eigenvalue weighted by Crippen LogP contribution is -2.39. The Morgan fingerprint density at radius 1 is 1.09 bits per heavy atom. The number of aromatic nitrogens is 2. The lowest BCUT2D eigenvalue weighted by Gasteiger charge is -2.30. The van der Waals surface area contributed by atoms with Crippen LogP contribution in [0.1, 0.15) is 24.7 Å². The van der Waals surface area contributed by atoms with Gasteiger partial charge in [-0.1, -0.05) is 22.8 Å². The first-order valence-electron chi connectivity index (χ1n) is 10.3. The molecule has 33 heavy (non-hydrogen) atoms. The Kier molecular flexibility index (Phi) is 6.78. The molecule has 11 heteroatoms. The number of methoxy groups -OCH3 is 3. The quantitative estimate of drug-likeness (QED) is 0.486. The molecule has 9 nitrogen and oxygen atoms in total. The normalized spacial score (nSPS) is 17.0. The van der Waals surface area contributed by atoms with E-state index in [1.54, 1.807) is 30.3 Å². The predicted octanol–water partition coefficient (Wildman–Crippen LogP) is 3.98. The van der Waals surface area contributed by atoms with Gasteiger partial charge in [0.15, 0.2) is 11.5 Å². The van der Waals surface area contributed by atoms with Crippen LogP contribution in [0.3, 0.4) is 0 Å². The van der Waals surface area contributed by atoms with E-state index in [-0.39, 0.29) is 17.4 Å². The fourth-order valence-electron chi connectivity index (χ4n) is 3.87. The molecule has 1 fully saturated rings. The van der Waals surface area contributed by atoms with Crippen LogP contribution in [0, 0.1) is 0 Å². The Labute approximate surface area is 197 Å². The van der Waals surface area contributed by atoms with Gasteiger partial charge in [0.05, 0.1) is 32.1 Å². The van der Waals surface area contributed by atoms with Gasteiger partial charge in [-0.25, -0.2) is 8.42 Å². The van der Waals surface area contributed by atoms with Crippen LogP contribution in [0.25, 0.3) is 11.4 Å². The number of sulfonamides is 1. The van der Waals surface area contributed by atoms with Crippen LogP contribution < -0.4 is 14.2 Å². The van der Waals surface area contributed by atoms with Crippen LogP contribution in [0.5, 0.6) is 17.2 Å². The second kappa shape index (κ2) is 9.58. The molecule has 0 N–H and O–H groups in total. The van der Waals surface area contributed by atoms with Crippen LogP contribution in [0.15, 0.2) is 45.8 Å². The van der Waals surface area contributed by atoms with Crippen molar-refractivity contribution in [3.8, 4) is 28.6 Å². The standard InChI is InChI=1S/C22H24ClN3O6S/c1-29-18-10-15(11-19(30-2)20(18)31-3)21-24-22(32-25-21)14-6-5-9-26(13-14)33(27,28)17-8-4-7-16(23)12-17/h4,7-8,10-12,14H,5-6,9,13H2,1-3H3/t14-/m0/s1. The summed E-state index contributed by atoms with van der Waals surface area (Å²) in [6.07, 6.45) is 1.41. The first kappa shape index (κ1) is 23.3. The molecule has 176 valence electrons. The maximum Gasteiger partial charge on any atom is 0.243 e. The maximum atomic E-state index is 13.1. The number of nitrogens with zero attached hydrogens (tertiary/aromatic N) is 3. The number of piperidine rings is 1. The van der Waals surface area contributed by atoms with Crippen molar-refractivity contribution in [2.75, 3.05) is 34.4 Å². The zero-order valence-corrected chi connectivity index (χ0v) is 20.0. The summed E-state index contributed by atoms with van der Waals surface area (Å²) in [6, 6.07) is 9.72. The summed E-state index contributed by atoms with van der Waals surface area (Å²) < 4.78 is 49.3. The SMILES string of the molecule is COc1cc(-c2noc([C@H]3CCCN(S(=O)(=O)c4cccc(Cl)c4)C3)n2)cc(OC)c1OC. The molecular formula is C22H24ClN3O6S. The highest BCUT2D eigenvalue weighted by Crippen LogP contribution is 2.41. The van der Waals surface area contributed by atoms with Crippen molar-refractivity contribution in [3.63, 3.8) is 0 Å². The van der Waals surface area contributed by atoms with Crippen molar-refractivity contribution >= 4 is 21.6 Å². The molecule has 4 rings (SSSR count). The third-order valence-corrected chi connectivity index (χ3v) is 7.63. The largest absolute Gasteiger partial charge is 0.493 e. The van der Waals surface area contributed by atoms with Gasteiger partial charge in [0.2, 0.25) is 27.5 Å². The molecular weight excluding hydrogens is 470 g/mol. The average molecular weight is 494 g/mol. The first-order valence-corrected chi connectivity index (χ1v) is 12.1. The Morgan fingerprint density at radius 3 is 2.45 bits per heavy atom. The van der Waals surface area contributed by atoms with E-state index in [2.05, 4.69) is 10.1 Å². The lowest BCUT2D eigenvalue weighted by atomic mass is 10.00. The number of rotatable bonds is 7. The zero-order valence-electron chi connectivity index (χ0n) is 18.4. The molecule has 3 aromatic rings. The highest BCUT2D eigenvalue weighted by molar-refractivity contribution is 7.89. The minimum atomic E-state index is -3.68. The smallest absolute Gasteiger partial charge is 0.243 e. The minimum absolute atomic E-state index is 0.166. The van der Waals surface area contributed by atoms with Crippen molar-refractivity contribution in [1.82, 2.24) is 14.4 Å². The summed E-state index contributed by atoms with van der Waals surface area (Å²) in [4.78, 5) is 4.71. The summed E-state index contributed by atoms with van der Waals surface area (Å²) in [7, 11) is 0.897. The van der Waals surface area contributed by atoms with E-state index in [1.807, 2.05) is 0 Å². The average Bonchev–Trinajstić information content (AvgIpc) is 3.33. The summed E-state index contributed by atoms with van der Waals surface area (Å²) in [5.41, 5.74) is 0.624. The summed E-state index contributed by atoms with van der Waals surface area (Å²) >= 11 is 6.00. The van der Waals surface area contributed by atoms with E-state index in [1.165, 1.54) is 31.7 Å². The summed E-state index contributed by atoms with van der Waals surface area (Å²) in [5.74, 6) is 1.89. The van der Waals surface area contributed by atoms with Crippen molar-refractivity contribution in [2.24, 2.45) is 0 Å². The summed E-state index contributed by atoms with van der Waals surface area (Å²) in [5, 5.41) is 4.47. The first-order chi connectivity index (χ1) is 15.9. The Morgan fingerprint density at radius 2 is 1.82 bits per heavy atom. The van der Waals surface area contributed by atoms with E-state index in [4.69, 9.17) is 30.3 Å². The van der Waals surface area contributed by atoms with E-state index in [0.717, 1.165) is 6.42 Å². The molecule has 0 amide bonds. The van der Waals surface area contributed by atoms with Gasteiger partial charge in [-0.15, -0.1) is 0 Å². The Hall–Kier alpha value is -2.82. The molecule has 0 spiro atoms. The van der Waals surface area contributed by atoms with Gasteiger partial charge in [0, 0.05) is 23.7 Å². The predicted molar refractivity (Wildman–Crippen MR) is 122 cm³/mol. The molecule has 1 atom stereocenters. The highest BCUT2D eigenvalue weighted by atomic mass is 35.5. The van der Waals surface area contributed by atoms with Crippen molar-refractivity contribution in [1.29, 1.82) is 0 Å². The number of hydrogen-bond acceptors (Lipinski definition) is 8. The minimum Gasteiger partial charge on any atom is -0.493 e. The number of hydrogen-bond donors (Lipinski definition) is 0. The van der Waals surface area contributed by atoms with Crippen LogP contribution in [0.2, 0.25) is 5.02 Å². The topological polar surface area (TPSA) is 104 Å². The maximum absolute atomic E-state index is 13.1. The van der Waals surface area contributed by atoms with Crippen molar-refractivity contribution in [3.05, 3.63) is 47.3 Å². The zero-order chi connectivity index (χ0) is 23.6. The third kappa shape index (κ3) is 4.64. The molecule has 1 aromatic heterocycles. The summed E-state index contributed by atoms with van der Waals surface area (Å²) in [6.45, 7) is 0.658. The molecule has 1 saturated heterocycles. The molecule has 1 aliphatic rings. The lowest BCUT2D eigenvalue weighted by molar-refractivity contribution is 0.265. The van der Waals surface area contributed by atoms with Crippen molar-refractivity contribution < 1.29 is 27.2 Å². The third-order valence-electron chi connectivity index (χ3n) is 5.53. The van der Waals surface area contributed by atoms with E-state index >= 15 is 0 Å². The number of benzene rings is 2. The van der Waals surface area contributed by atoms with E-state index in [9.17, 15) is 8.42 Å². The van der Waals surface area contributed by atoms with Gasteiger partial charge < -0.3 is 18.7 Å². The van der Waals surface area contributed by atoms with Gasteiger partial charge >= 0.3 is 0 Å². The monoisotopic (exact) mass is 493 g/mol. The fraction of sp³-hybridized carbons (Fsp3) is 0.364. The van der Waals surface area contributed by atoms with Crippen molar-refractivity contribution in [2.45, 2.75) is 23.7 Å². The second-order valence-corrected chi connectivity index (χ2v) is 9.90. The van der Waals surface area contributed by atoms with Crippen LogP contribution in [-0.4, -0.2) is 57.3 Å². The molecule has 0 saturated carbocycles. The van der Waals surface area contributed by atoms with E-state index in [0.29, 0.717) is 52.5 Å². The van der Waals surface area contributed by atoms with Crippen LogP contribution in [0.4, 0.5) is 0 Å². The Bertz CT molecular complexity index is 1220. The second-order valence-electron chi connectivity index (χ2n) is 7.53. The van der Waals surface area contributed by atoms with Gasteiger partial charge in [-0.3, -0.25) is 0 Å². The molecule has 0 radical (unpaired) electrons. The molecule has 1 aliphatic heterocycles. The fourth-order valence-corrected chi connectivity index (χ4v) is 5.69. The van der Waals surface area contributed by atoms with Gasteiger partial charge in [-0.2, -0.15) is 9.29 Å².